The molecule has 10 heteroatoms. The molecule has 0 saturated carbocycles. The fraction of sp³-hybridized carbons (Fsp3) is 0.318. The van der Waals surface area contributed by atoms with Crippen molar-refractivity contribution in [2.75, 3.05) is 11.4 Å². The number of urea groups is 1. The number of nitro benzene ring substituents is 1. The third-order valence-corrected chi connectivity index (χ3v) is 5.51. The standard InChI is InChI=1S/C22H23N5O5/c1-22(2,32-25-21(23)29)12-17-20(28)26-9-8-14-10-15(27(30)31)11-16(19(14)26)18(24-17)13-6-4-3-5-7-13/h3-7,10-11,17H,8-9,12H2,1-2H3,(H3,23,25,29). The summed E-state index contributed by atoms with van der Waals surface area (Å²) in [5.74, 6) is -0.222. The minimum absolute atomic E-state index is 0.0375. The van der Waals surface area contributed by atoms with E-state index in [1.807, 2.05) is 30.3 Å². The normalized spacial score (nSPS) is 17.4. The number of hydrogen-bond acceptors (Lipinski definition) is 6. The van der Waals surface area contributed by atoms with Gasteiger partial charge in [0.15, 0.2) is 0 Å². The first-order chi connectivity index (χ1) is 15.2. The third kappa shape index (κ3) is 4.04. The van der Waals surface area contributed by atoms with Gasteiger partial charge in [-0.2, -0.15) is 0 Å². The van der Waals surface area contributed by atoms with Gasteiger partial charge in [0.1, 0.15) is 6.04 Å². The lowest BCUT2D eigenvalue weighted by molar-refractivity contribution is -0.384. The summed E-state index contributed by atoms with van der Waals surface area (Å²) in [5.41, 5.74) is 9.44. The Kier molecular flexibility index (Phi) is 5.39. The summed E-state index contributed by atoms with van der Waals surface area (Å²) in [4.78, 5) is 47.5. The Morgan fingerprint density at radius 2 is 2.06 bits per heavy atom. The molecule has 2 aliphatic heterocycles. The number of nitrogens with two attached hydrogens (primary N) is 1. The SMILES string of the molecule is CC(C)(CC1N=C(c2ccccc2)c2cc([N+](=O)[O-])cc3c2N(CC3)C1=O)ONC(N)=O. The molecule has 0 saturated heterocycles. The van der Waals surface area contributed by atoms with Crippen LogP contribution < -0.4 is 16.1 Å². The number of rotatable bonds is 6. The number of aliphatic imine (C=N–C) groups is 1. The maximum atomic E-state index is 13.5. The number of benzene rings is 2. The second-order valence-electron chi connectivity index (χ2n) is 8.39. The lowest BCUT2D eigenvalue weighted by atomic mass is 9.96. The Morgan fingerprint density at radius 3 is 2.72 bits per heavy atom. The van der Waals surface area contributed by atoms with Crippen molar-refractivity contribution in [1.29, 1.82) is 0 Å². The van der Waals surface area contributed by atoms with Gasteiger partial charge in [-0.25, -0.2) is 10.3 Å². The van der Waals surface area contributed by atoms with Crippen LogP contribution in [0.5, 0.6) is 0 Å². The van der Waals surface area contributed by atoms with E-state index in [4.69, 9.17) is 15.6 Å². The lowest BCUT2D eigenvalue weighted by Crippen LogP contribution is -2.44. The van der Waals surface area contributed by atoms with Crippen LogP contribution in [0.15, 0.2) is 47.5 Å². The molecule has 0 bridgehead atoms. The van der Waals surface area contributed by atoms with Crippen molar-refractivity contribution in [1.82, 2.24) is 5.48 Å². The Bertz CT molecular complexity index is 1130. The molecule has 3 N–H and O–H groups in total. The second-order valence-corrected chi connectivity index (χ2v) is 8.39. The number of amides is 3. The average molecular weight is 437 g/mol. The summed E-state index contributed by atoms with van der Waals surface area (Å²) in [6.45, 7) is 3.84. The number of hydroxylamine groups is 1. The van der Waals surface area contributed by atoms with Crippen LogP contribution in [0.2, 0.25) is 0 Å². The molecule has 32 heavy (non-hydrogen) atoms. The van der Waals surface area contributed by atoms with Gasteiger partial charge in [-0.3, -0.25) is 24.7 Å². The van der Waals surface area contributed by atoms with E-state index in [0.29, 0.717) is 29.9 Å². The van der Waals surface area contributed by atoms with Gasteiger partial charge in [0.05, 0.1) is 21.9 Å². The van der Waals surface area contributed by atoms with Crippen molar-refractivity contribution in [2.24, 2.45) is 10.7 Å². The number of carbonyl (C=O) groups is 2. The molecule has 0 aromatic heterocycles. The quantitative estimate of drug-likeness (QED) is 0.528. The molecule has 3 amide bonds. The summed E-state index contributed by atoms with van der Waals surface area (Å²) in [5, 5.41) is 11.6. The zero-order valence-corrected chi connectivity index (χ0v) is 17.7. The summed E-state index contributed by atoms with van der Waals surface area (Å²) in [7, 11) is 0. The van der Waals surface area contributed by atoms with Gasteiger partial charge < -0.3 is 10.6 Å². The summed E-state index contributed by atoms with van der Waals surface area (Å²) < 4.78 is 0. The van der Waals surface area contributed by atoms with Gasteiger partial charge in [0.2, 0.25) is 0 Å². The zero-order valence-electron chi connectivity index (χ0n) is 17.7. The lowest BCUT2D eigenvalue weighted by Gasteiger charge is -2.28. The van der Waals surface area contributed by atoms with Crippen molar-refractivity contribution in [3.63, 3.8) is 0 Å². The highest BCUT2D eigenvalue weighted by Gasteiger charge is 2.40. The minimum Gasteiger partial charge on any atom is -0.350 e. The first-order valence-corrected chi connectivity index (χ1v) is 10.2. The summed E-state index contributed by atoms with van der Waals surface area (Å²) >= 11 is 0. The van der Waals surface area contributed by atoms with Crippen LogP contribution in [0.4, 0.5) is 16.2 Å². The Hall–Kier alpha value is -3.79. The molecular weight excluding hydrogens is 414 g/mol. The van der Waals surface area contributed by atoms with E-state index in [2.05, 4.69) is 5.48 Å². The van der Waals surface area contributed by atoms with Crippen molar-refractivity contribution in [3.8, 4) is 0 Å². The van der Waals surface area contributed by atoms with Crippen LogP contribution in [0.25, 0.3) is 0 Å². The maximum absolute atomic E-state index is 13.5. The van der Waals surface area contributed by atoms with Crippen LogP contribution >= 0.6 is 0 Å². The highest BCUT2D eigenvalue weighted by Crippen LogP contribution is 2.40. The van der Waals surface area contributed by atoms with Gasteiger partial charge in [0.25, 0.3) is 11.6 Å². The Labute approximate surface area is 184 Å². The van der Waals surface area contributed by atoms with Crippen LogP contribution in [0, 0.1) is 10.1 Å². The predicted molar refractivity (Wildman–Crippen MR) is 118 cm³/mol. The number of primary amides is 1. The van der Waals surface area contributed by atoms with Gasteiger partial charge in [-0.1, -0.05) is 30.3 Å². The molecule has 0 radical (unpaired) electrons. The number of hydrogen-bond donors (Lipinski definition) is 2. The molecule has 1 unspecified atom stereocenters. The minimum atomic E-state index is -0.953. The van der Waals surface area contributed by atoms with E-state index < -0.39 is 22.6 Å². The molecule has 2 aliphatic rings. The van der Waals surface area contributed by atoms with Crippen LogP contribution in [0.3, 0.4) is 0 Å². The topological polar surface area (TPSA) is 140 Å². The van der Waals surface area contributed by atoms with Crippen molar-refractivity contribution in [2.45, 2.75) is 38.3 Å². The van der Waals surface area contributed by atoms with E-state index in [-0.39, 0.29) is 18.0 Å². The van der Waals surface area contributed by atoms with Gasteiger partial charge >= 0.3 is 6.03 Å². The summed E-state index contributed by atoms with van der Waals surface area (Å²) in [6.07, 6.45) is 0.679. The number of nitrogens with zero attached hydrogens (tertiary/aromatic N) is 3. The molecule has 0 fully saturated rings. The van der Waals surface area contributed by atoms with E-state index >= 15 is 0 Å². The molecule has 2 aromatic rings. The predicted octanol–water partition coefficient (Wildman–Crippen LogP) is 2.47. The highest BCUT2D eigenvalue weighted by molar-refractivity contribution is 6.21. The maximum Gasteiger partial charge on any atom is 0.336 e. The van der Waals surface area contributed by atoms with Crippen molar-refractivity contribution < 1.29 is 19.3 Å². The number of non-ortho nitro benzene ring substituents is 1. The Balaban J connectivity index is 1.85. The van der Waals surface area contributed by atoms with Gasteiger partial charge in [-0.05, 0) is 25.8 Å². The van der Waals surface area contributed by atoms with Gasteiger partial charge in [-0.15, -0.1) is 0 Å². The fourth-order valence-corrected chi connectivity index (χ4v) is 4.15. The number of nitro groups is 1. The van der Waals surface area contributed by atoms with E-state index in [9.17, 15) is 19.7 Å². The zero-order chi connectivity index (χ0) is 23.0. The molecule has 4 rings (SSSR count). The number of nitrogens with one attached hydrogen (secondary N) is 1. The highest BCUT2D eigenvalue weighted by atomic mass is 16.7. The molecule has 1 atom stereocenters. The van der Waals surface area contributed by atoms with Gasteiger partial charge in [0, 0.05) is 36.2 Å². The number of anilines is 1. The van der Waals surface area contributed by atoms with Crippen LogP contribution in [0.1, 0.15) is 37.0 Å². The van der Waals surface area contributed by atoms with E-state index in [1.54, 1.807) is 18.7 Å². The average Bonchev–Trinajstić information content (AvgIpc) is 3.14. The first-order valence-electron chi connectivity index (χ1n) is 10.2. The fourth-order valence-electron chi connectivity index (χ4n) is 4.15. The molecule has 2 aromatic carbocycles. The first kappa shape index (κ1) is 21.4. The largest absolute Gasteiger partial charge is 0.350 e. The molecule has 0 spiro atoms. The molecular formula is C22H23N5O5. The Morgan fingerprint density at radius 1 is 1.34 bits per heavy atom. The van der Waals surface area contributed by atoms with E-state index in [1.165, 1.54) is 12.1 Å². The summed E-state index contributed by atoms with van der Waals surface area (Å²) in [6, 6.07) is 10.6. The smallest absolute Gasteiger partial charge is 0.336 e. The second kappa shape index (κ2) is 8.04. The molecule has 166 valence electrons. The number of carbonyl (C=O) groups excluding carboxylic acids is 2. The molecule has 10 nitrogen and oxygen atoms in total. The van der Waals surface area contributed by atoms with Crippen molar-refractivity contribution in [3.05, 3.63) is 69.3 Å². The van der Waals surface area contributed by atoms with Crippen LogP contribution in [-0.4, -0.2) is 40.8 Å². The van der Waals surface area contributed by atoms with Crippen molar-refractivity contribution >= 4 is 29.0 Å². The molecule has 2 heterocycles. The van der Waals surface area contributed by atoms with Crippen LogP contribution in [-0.2, 0) is 16.1 Å². The monoisotopic (exact) mass is 437 g/mol. The third-order valence-electron chi connectivity index (χ3n) is 5.51. The molecule has 0 aliphatic carbocycles. The van der Waals surface area contributed by atoms with E-state index in [0.717, 1.165) is 11.1 Å².